The molecule has 0 radical (unpaired) electrons. The maximum atomic E-state index is 13.7. The average Bonchev–Trinajstić information content (AvgIpc) is 2.73. The highest BCUT2D eigenvalue weighted by Gasteiger charge is 2.19. The van der Waals surface area contributed by atoms with Crippen LogP contribution in [-0.2, 0) is 6.42 Å². The molecule has 0 bridgehead atoms. The molecular formula is C12H11BrF2N2S. The van der Waals surface area contributed by atoms with Crippen molar-refractivity contribution in [2.45, 2.75) is 12.5 Å². The van der Waals surface area contributed by atoms with Gasteiger partial charge >= 0.3 is 0 Å². The monoisotopic (exact) mass is 332 g/mol. The van der Waals surface area contributed by atoms with Gasteiger partial charge in [-0.15, -0.1) is 11.3 Å². The molecule has 18 heavy (non-hydrogen) atoms. The molecular weight excluding hydrogens is 322 g/mol. The molecule has 1 heterocycles. The summed E-state index contributed by atoms with van der Waals surface area (Å²) in [5, 5.41) is 0. The van der Waals surface area contributed by atoms with Gasteiger partial charge in [-0.25, -0.2) is 8.78 Å². The zero-order valence-corrected chi connectivity index (χ0v) is 11.7. The number of nitrogens with one attached hydrogen (secondary N) is 1. The van der Waals surface area contributed by atoms with Crippen molar-refractivity contribution in [3.8, 4) is 0 Å². The average molecular weight is 333 g/mol. The lowest BCUT2D eigenvalue weighted by Gasteiger charge is -2.16. The van der Waals surface area contributed by atoms with Crippen LogP contribution in [0.4, 0.5) is 8.78 Å². The molecule has 0 aliphatic heterocycles. The van der Waals surface area contributed by atoms with Gasteiger partial charge in [-0.2, -0.15) is 0 Å². The molecule has 0 aliphatic carbocycles. The lowest BCUT2D eigenvalue weighted by atomic mass is 10.0. The Bertz CT molecular complexity index is 524. The molecule has 0 saturated heterocycles. The van der Waals surface area contributed by atoms with Gasteiger partial charge in [0.05, 0.1) is 9.83 Å². The van der Waals surface area contributed by atoms with E-state index in [1.54, 1.807) is 0 Å². The summed E-state index contributed by atoms with van der Waals surface area (Å²) in [5.74, 6) is 4.23. The van der Waals surface area contributed by atoms with Crippen LogP contribution in [0.2, 0.25) is 0 Å². The normalized spacial score (nSPS) is 12.7. The van der Waals surface area contributed by atoms with Crippen LogP contribution < -0.4 is 11.3 Å². The number of benzene rings is 1. The second kappa shape index (κ2) is 5.88. The predicted molar refractivity (Wildman–Crippen MR) is 72.1 cm³/mol. The first kappa shape index (κ1) is 13.6. The lowest BCUT2D eigenvalue weighted by Crippen LogP contribution is -2.30. The number of rotatable bonds is 4. The first-order chi connectivity index (χ1) is 8.61. The second-order valence-electron chi connectivity index (χ2n) is 3.76. The summed E-state index contributed by atoms with van der Waals surface area (Å²) in [6, 6.07) is 7.00. The minimum absolute atomic E-state index is 0.0236. The molecule has 1 aromatic carbocycles. The summed E-state index contributed by atoms with van der Waals surface area (Å²) in [6.07, 6.45) is 0.435. The van der Waals surface area contributed by atoms with Gasteiger partial charge in [0.15, 0.2) is 0 Å². The molecule has 96 valence electrons. The van der Waals surface area contributed by atoms with Crippen molar-refractivity contribution in [3.63, 3.8) is 0 Å². The molecule has 0 aliphatic rings. The second-order valence-corrected chi connectivity index (χ2v) is 6.31. The van der Waals surface area contributed by atoms with Crippen molar-refractivity contribution >= 4 is 27.3 Å². The first-order valence-electron chi connectivity index (χ1n) is 5.26. The number of hydrogen-bond donors (Lipinski definition) is 2. The van der Waals surface area contributed by atoms with E-state index in [9.17, 15) is 8.78 Å². The van der Waals surface area contributed by atoms with Crippen LogP contribution in [0.5, 0.6) is 0 Å². The Morgan fingerprint density at radius 3 is 2.39 bits per heavy atom. The van der Waals surface area contributed by atoms with E-state index in [4.69, 9.17) is 5.84 Å². The molecule has 2 nitrogen and oxygen atoms in total. The van der Waals surface area contributed by atoms with Crippen LogP contribution in [0.15, 0.2) is 34.1 Å². The first-order valence-corrected chi connectivity index (χ1v) is 6.87. The van der Waals surface area contributed by atoms with Gasteiger partial charge in [0, 0.05) is 16.9 Å². The third-order valence-corrected chi connectivity index (χ3v) is 4.23. The van der Waals surface area contributed by atoms with Gasteiger partial charge in [0.2, 0.25) is 0 Å². The zero-order chi connectivity index (χ0) is 13.1. The summed E-state index contributed by atoms with van der Waals surface area (Å²) in [6.45, 7) is 0. The Balaban J connectivity index is 2.28. The maximum absolute atomic E-state index is 13.7. The van der Waals surface area contributed by atoms with E-state index in [2.05, 4.69) is 21.4 Å². The van der Waals surface area contributed by atoms with Crippen molar-refractivity contribution in [2.24, 2.45) is 5.84 Å². The highest BCUT2D eigenvalue weighted by atomic mass is 79.9. The van der Waals surface area contributed by atoms with Crippen LogP contribution in [0, 0.1) is 11.6 Å². The van der Waals surface area contributed by atoms with Gasteiger partial charge in [0.25, 0.3) is 0 Å². The summed E-state index contributed by atoms with van der Waals surface area (Å²) >= 11 is 4.86. The van der Waals surface area contributed by atoms with E-state index in [1.165, 1.54) is 29.5 Å². The van der Waals surface area contributed by atoms with Crippen LogP contribution >= 0.6 is 27.3 Å². The van der Waals surface area contributed by atoms with Crippen molar-refractivity contribution in [2.75, 3.05) is 0 Å². The van der Waals surface area contributed by atoms with E-state index in [1.807, 2.05) is 12.1 Å². The molecule has 6 heteroatoms. The van der Waals surface area contributed by atoms with E-state index < -0.39 is 17.7 Å². The Labute approximate surface area is 116 Å². The van der Waals surface area contributed by atoms with Gasteiger partial charge in [-0.3, -0.25) is 11.3 Å². The number of nitrogens with two attached hydrogens (primary N) is 1. The molecule has 0 fully saturated rings. The third-order valence-electron chi connectivity index (χ3n) is 2.58. The zero-order valence-electron chi connectivity index (χ0n) is 9.29. The van der Waals surface area contributed by atoms with Crippen LogP contribution in [0.3, 0.4) is 0 Å². The topological polar surface area (TPSA) is 38.0 Å². The Morgan fingerprint density at radius 2 is 1.89 bits per heavy atom. The summed E-state index contributed by atoms with van der Waals surface area (Å²) in [7, 11) is 0. The molecule has 1 aromatic heterocycles. The van der Waals surface area contributed by atoms with Gasteiger partial charge < -0.3 is 0 Å². The van der Waals surface area contributed by atoms with E-state index in [-0.39, 0.29) is 5.56 Å². The fourth-order valence-corrected chi connectivity index (χ4v) is 3.28. The van der Waals surface area contributed by atoms with Crippen LogP contribution in [-0.4, -0.2) is 0 Å². The summed E-state index contributed by atoms with van der Waals surface area (Å²) < 4.78 is 28.3. The van der Waals surface area contributed by atoms with Crippen molar-refractivity contribution in [3.05, 3.63) is 56.2 Å². The largest absolute Gasteiger partial charge is 0.271 e. The quantitative estimate of drug-likeness (QED) is 0.663. The molecule has 1 atom stereocenters. The van der Waals surface area contributed by atoms with E-state index in [0.717, 1.165) is 8.66 Å². The Hall–Kier alpha value is -0.820. The Kier molecular flexibility index (Phi) is 4.45. The van der Waals surface area contributed by atoms with Gasteiger partial charge in [0.1, 0.15) is 11.6 Å². The summed E-state index contributed by atoms with van der Waals surface area (Å²) in [5.41, 5.74) is 2.45. The maximum Gasteiger partial charge on any atom is 0.130 e. The van der Waals surface area contributed by atoms with Crippen LogP contribution in [0.1, 0.15) is 16.5 Å². The molecule has 0 saturated carbocycles. The van der Waals surface area contributed by atoms with E-state index in [0.29, 0.717) is 6.42 Å². The number of thiophene rings is 1. The number of hydrogen-bond acceptors (Lipinski definition) is 3. The highest BCUT2D eigenvalue weighted by Crippen LogP contribution is 2.28. The summed E-state index contributed by atoms with van der Waals surface area (Å²) in [4.78, 5) is 0.993. The molecule has 2 aromatic rings. The standard InChI is InChI=1S/C12H11BrF2N2S/c13-11-5-4-7(18-11)6-10(17-16)12-8(14)2-1-3-9(12)15/h1-5,10,17H,6,16H2. The third kappa shape index (κ3) is 2.95. The predicted octanol–water partition coefficient (Wildman–Crippen LogP) is 3.54. The molecule has 0 spiro atoms. The fourth-order valence-electron chi connectivity index (χ4n) is 1.75. The fraction of sp³-hybridized carbons (Fsp3) is 0.167. The van der Waals surface area contributed by atoms with Gasteiger partial charge in [-0.05, 0) is 40.2 Å². The molecule has 2 rings (SSSR count). The minimum Gasteiger partial charge on any atom is -0.271 e. The molecule has 3 N–H and O–H groups in total. The van der Waals surface area contributed by atoms with E-state index >= 15 is 0 Å². The number of hydrazine groups is 1. The van der Waals surface area contributed by atoms with Crippen molar-refractivity contribution in [1.82, 2.24) is 5.43 Å². The van der Waals surface area contributed by atoms with Crippen molar-refractivity contribution in [1.29, 1.82) is 0 Å². The van der Waals surface area contributed by atoms with Crippen molar-refractivity contribution < 1.29 is 8.78 Å². The van der Waals surface area contributed by atoms with Gasteiger partial charge in [-0.1, -0.05) is 6.07 Å². The highest BCUT2D eigenvalue weighted by molar-refractivity contribution is 9.11. The lowest BCUT2D eigenvalue weighted by molar-refractivity contribution is 0.474. The molecule has 1 unspecified atom stereocenters. The van der Waals surface area contributed by atoms with Crippen LogP contribution in [0.25, 0.3) is 0 Å². The smallest absolute Gasteiger partial charge is 0.130 e. The minimum atomic E-state index is -0.589. The Morgan fingerprint density at radius 1 is 1.22 bits per heavy atom. The number of halogens is 3. The molecule has 0 amide bonds. The SMILES string of the molecule is NNC(Cc1ccc(Br)s1)c1c(F)cccc1F.